The van der Waals surface area contributed by atoms with Crippen molar-refractivity contribution in [3.63, 3.8) is 0 Å². The van der Waals surface area contributed by atoms with E-state index in [1.165, 1.54) is 11.4 Å². The molecule has 0 fully saturated rings. The molecule has 1 heterocycles. The maximum atomic E-state index is 11.2. The van der Waals surface area contributed by atoms with E-state index in [0.29, 0.717) is 0 Å². The van der Waals surface area contributed by atoms with Gasteiger partial charge in [-0.25, -0.2) is 9.59 Å². The van der Waals surface area contributed by atoms with Crippen molar-refractivity contribution in [2.24, 2.45) is 0 Å². The van der Waals surface area contributed by atoms with Crippen molar-refractivity contribution in [2.45, 2.75) is 6.92 Å². The van der Waals surface area contributed by atoms with Gasteiger partial charge in [0.1, 0.15) is 5.75 Å². The molecular formula is C10H11NO6S. The number of carboxylic acid groups (broad SMARTS) is 1. The molecule has 0 aliphatic rings. The highest BCUT2D eigenvalue weighted by Crippen LogP contribution is 2.24. The molecule has 8 heteroatoms. The number of aromatic carboxylic acids is 1. The van der Waals surface area contributed by atoms with E-state index in [0.717, 1.165) is 11.3 Å². The van der Waals surface area contributed by atoms with Crippen LogP contribution in [0.25, 0.3) is 0 Å². The van der Waals surface area contributed by atoms with E-state index in [2.05, 4.69) is 4.74 Å². The summed E-state index contributed by atoms with van der Waals surface area (Å²) in [5.74, 6) is -1.76. The molecule has 0 aromatic carbocycles. The molecule has 1 aromatic heterocycles. The van der Waals surface area contributed by atoms with Crippen LogP contribution in [-0.2, 0) is 9.53 Å². The predicted molar refractivity (Wildman–Crippen MR) is 61.9 cm³/mol. The first-order valence-electron chi connectivity index (χ1n) is 4.94. The first kappa shape index (κ1) is 14.0. The molecule has 0 saturated carbocycles. The molecule has 2 N–H and O–H groups in total. The Bertz CT molecular complexity index is 455. The third-order valence-electron chi connectivity index (χ3n) is 1.70. The van der Waals surface area contributed by atoms with Crippen molar-refractivity contribution in [1.82, 2.24) is 5.32 Å². The molecule has 0 aliphatic carbocycles. The monoisotopic (exact) mass is 273 g/mol. The summed E-state index contributed by atoms with van der Waals surface area (Å²) in [7, 11) is 0. The molecule has 0 spiro atoms. The third kappa shape index (κ3) is 4.06. The highest BCUT2D eigenvalue weighted by atomic mass is 32.1. The zero-order valence-electron chi connectivity index (χ0n) is 9.47. The summed E-state index contributed by atoms with van der Waals surface area (Å²) in [5.41, 5.74) is 0. The van der Waals surface area contributed by atoms with Gasteiger partial charge in [-0.05, 0) is 18.4 Å². The van der Waals surface area contributed by atoms with Gasteiger partial charge in [0.2, 0.25) is 0 Å². The second kappa shape index (κ2) is 6.60. The van der Waals surface area contributed by atoms with Gasteiger partial charge >= 0.3 is 12.1 Å². The number of rotatable bonds is 5. The Morgan fingerprint density at radius 1 is 1.44 bits per heavy atom. The summed E-state index contributed by atoms with van der Waals surface area (Å²) in [6, 6.07) is 1.44. The second-order valence-electron chi connectivity index (χ2n) is 2.98. The third-order valence-corrected chi connectivity index (χ3v) is 2.58. The molecule has 2 amide bonds. The lowest BCUT2D eigenvalue weighted by Gasteiger charge is -2.06. The van der Waals surface area contributed by atoms with Crippen molar-refractivity contribution in [3.05, 3.63) is 16.3 Å². The highest BCUT2D eigenvalue weighted by Gasteiger charge is 2.15. The number of amides is 2. The van der Waals surface area contributed by atoms with Crippen molar-refractivity contribution >= 4 is 29.3 Å². The minimum Gasteiger partial charge on any atom is -0.482 e. The van der Waals surface area contributed by atoms with Gasteiger partial charge in [0.25, 0.3) is 5.91 Å². The number of nitrogens with one attached hydrogen (secondary N) is 1. The largest absolute Gasteiger partial charge is 0.482 e. The Morgan fingerprint density at radius 2 is 2.17 bits per heavy atom. The summed E-state index contributed by atoms with van der Waals surface area (Å²) in [5, 5.41) is 12.2. The number of carbonyl (C=O) groups is 3. The molecule has 0 aliphatic heterocycles. The van der Waals surface area contributed by atoms with Crippen LogP contribution >= 0.6 is 11.3 Å². The smallest absolute Gasteiger partial charge is 0.413 e. The number of hydrogen-bond acceptors (Lipinski definition) is 6. The van der Waals surface area contributed by atoms with E-state index in [1.807, 2.05) is 5.32 Å². The lowest BCUT2D eigenvalue weighted by atomic mass is 10.4. The molecule has 0 bridgehead atoms. The van der Waals surface area contributed by atoms with Gasteiger partial charge < -0.3 is 14.6 Å². The minimum atomic E-state index is -1.13. The number of hydrogen-bond donors (Lipinski definition) is 2. The summed E-state index contributed by atoms with van der Waals surface area (Å²) in [6.45, 7) is 1.29. The van der Waals surface area contributed by atoms with Gasteiger partial charge in [-0.3, -0.25) is 10.1 Å². The molecule has 98 valence electrons. The number of alkyl carbamates (subject to hydrolysis) is 1. The fourth-order valence-corrected chi connectivity index (χ4v) is 1.70. The van der Waals surface area contributed by atoms with Crippen molar-refractivity contribution in [1.29, 1.82) is 0 Å². The van der Waals surface area contributed by atoms with Gasteiger partial charge in [-0.15, -0.1) is 11.3 Å². The molecule has 0 unspecified atom stereocenters. The van der Waals surface area contributed by atoms with Gasteiger partial charge in [-0.2, -0.15) is 0 Å². The Hall–Kier alpha value is -2.09. The molecule has 7 nitrogen and oxygen atoms in total. The Morgan fingerprint density at radius 3 is 2.78 bits per heavy atom. The molecular weight excluding hydrogens is 262 g/mol. The molecule has 1 rings (SSSR count). The van der Waals surface area contributed by atoms with Crippen LogP contribution in [0.5, 0.6) is 5.75 Å². The number of imide groups is 1. The van der Waals surface area contributed by atoms with Crippen LogP contribution < -0.4 is 10.1 Å². The van der Waals surface area contributed by atoms with Crippen molar-refractivity contribution < 1.29 is 29.0 Å². The van der Waals surface area contributed by atoms with E-state index in [1.54, 1.807) is 6.92 Å². The topological polar surface area (TPSA) is 102 Å². The first-order chi connectivity index (χ1) is 8.54. The van der Waals surface area contributed by atoms with Crippen LogP contribution in [0.15, 0.2) is 11.4 Å². The van der Waals surface area contributed by atoms with E-state index in [9.17, 15) is 14.4 Å². The number of carbonyl (C=O) groups excluding carboxylic acids is 2. The lowest BCUT2D eigenvalue weighted by molar-refractivity contribution is -0.122. The highest BCUT2D eigenvalue weighted by molar-refractivity contribution is 7.12. The van der Waals surface area contributed by atoms with Crippen molar-refractivity contribution in [3.8, 4) is 5.75 Å². The summed E-state index contributed by atoms with van der Waals surface area (Å²) < 4.78 is 9.48. The summed E-state index contributed by atoms with van der Waals surface area (Å²) in [6.07, 6.45) is -0.866. The zero-order chi connectivity index (χ0) is 13.5. The SMILES string of the molecule is CCOC(=O)NC(=O)COc1ccsc1C(=O)O. The number of thiophene rings is 1. The summed E-state index contributed by atoms with van der Waals surface area (Å²) >= 11 is 0.983. The zero-order valence-corrected chi connectivity index (χ0v) is 10.3. The quantitative estimate of drug-likeness (QED) is 0.832. The number of carboxylic acids is 1. The van der Waals surface area contributed by atoms with E-state index < -0.39 is 24.6 Å². The molecule has 0 atom stereocenters. The molecule has 0 radical (unpaired) electrons. The second-order valence-corrected chi connectivity index (χ2v) is 3.89. The van der Waals surface area contributed by atoms with E-state index in [4.69, 9.17) is 9.84 Å². The van der Waals surface area contributed by atoms with Crippen LogP contribution in [0, 0.1) is 0 Å². The average Bonchev–Trinajstić information content (AvgIpc) is 2.74. The van der Waals surface area contributed by atoms with Gasteiger partial charge in [0.05, 0.1) is 6.61 Å². The maximum Gasteiger partial charge on any atom is 0.413 e. The Balaban J connectivity index is 2.45. The van der Waals surface area contributed by atoms with Crippen LogP contribution in [0.4, 0.5) is 4.79 Å². The van der Waals surface area contributed by atoms with Crippen LogP contribution in [0.3, 0.4) is 0 Å². The molecule has 0 saturated heterocycles. The van der Waals surface area contributed by atoms with Gasteiger partial charge in [0, 0.05) is 0 Å². The van der Waals surface area contributed by atoms with Gasteiger partial charge in [-0.1, -0.05) is 0 Å². The minimum absolute atomic E-state index is 0.000986. The van der Waals surface area contributed by atoms with E-state index in [-0.39, 0.29) is 17.2 Å². The fourth-order valence-electron chi connectivity index (χ4n) is 1.03. The average molecular weight is 273 g/mol. The van der Waals surface area contributed by atoms with Crippen LogP contribution in [0.1, 0.15) is 16.6 Å². The van der Waals surface area contributed by atoms with Crippen molar-refractivity contribution in [2.75, 3.05) is 13.2 Å². The predicted octanol–water partition coefficient (Wildman–Crippen LogP) is 1.10. The summed E-state index contributed by atoms with van der Waals surface area (Å²) in [4.78, 5) is 32.9. The van der Waals surface area contributed by atoms with Crippen LogP contribution in [-0.4, -0.2) is 36.3 Å². The molecule has 1 aromatic rings. The van der Waals surface area contributed by atoms with Gasteiger partial charge in [0.15, 0.2) is 11.5 Å². The fraction of sp³-hybridized carbons (Fsp3) is 0.300. The Labute approximate surface area is 106 Å². The standard InChI is InChI=1S/C10H11NO6S/c1-2-16-10(15)11-7(12)5-17-6-3-4-18-8(6)9(13)14/h3-4H,2,5H2,1H3,(H,13,14)(H,11,12,15). The number of ether oxygens (including phenoxy) is 2. The van der Waals surface area contributed by atoms with E-state index >= 15 is 0 Å². The maximum absolute atomic E-state index is 11.2. The lowest BCUT2D eigenvalue weighted by Crippen LogP contribution is -2.34. The van der Waals surface area contributed by atoms with Crippen LogP contribution in [0.2, 0.25) is 0 Å². The Kier molecular flexibility index (Phi) is 5.12. The normalized spacial score (nSPS) is 9.61. The molecule has 18 heavy (non-hydrogen) atoms. The first-order valence-corrected chi connectivity index (χ1v) is 5.82.